The molecular weight excluding hydrogens is 338 g/mol. The molecule has 0 unspecified atom stereocenters. The summed E-state index contributed by atoms with van der Waals surface area (Å²) in [6.07, 6.45) is 0. The number of sulfonamides is 1. The van der Waals surface area contributed by atoms with Gasteiger partial charge in [-0.05, 0) is 56.3 Å². The second kappa shape index (κ2) is 7.39. The zero-order valence-corrected chi connectivity index (χ0v) is 13.9. The molecule has 0 heterocycles. The van der Waals surface area contributed by atoms with E-state index in [4.69, 9.17) is 4.74 Å². The van der Waals surface area contributed by atoms with Gasteiger partial charge in [0.2, 0.25) is 0 Å². The van der Waals surface area contributed by atoms with Gasteiger partial charge in [0, 0.05) is 5.56 Å². The van der Waals surface area contributed by atoms with Crippen molar-refractivity contribution in [3.63, 3.8) is 0 Å². The Morgan fingerprint density at radius 1 is 1.17 bits per heavy atom. The number of hydrogen-bond donors (Lipinski definition) is 1. The van der Waals surface area contributed by atoms with Crippen molar-refractivity contribution in [3.05, 3.63) is 59.7 Å². The minimum atomic E-state index is -3.93. The van der Waals surface area contributed by atoms with E-state index >= 15 is 0 Å². The van der Waals surface area contributed by atoms with Gasteiger partial charge >= 0.3 is 0 Å². The Labute approximate surface area is 139 Å². The Morgan fingerprint density at radius 3 is 2.46 bits per heavy atom. The van der Waals surface area contributed by atoms with Gasteiger partial charge in [0.25, 0.3) is 10.0 Å². The van der Waals surface area contributed by atoms with E-state index in [-0.39, 0.29) is 16.2 Å². The number of rotatable bonds is 6. The average molecular weight is 354 g/mol. The highest BCUT2D eigenvalue weighted by molar-refractivity contribution is 7.89. The highest BCUT2D eigenvalue weighted by atomic mass is 32.2. The molecule has 0 amide bonds. The lowest BCUT2D eigenvalue weighted by molar-refractivity contribution is 0.340. The first-order valence-corrected chi connectivity index (χ1v) is 8.56. The fraction of sp³-hybridized carbons (Fsp3) is 0.188. The van der Waals surface area contributed by atoms with Gasteiger partial charge in [-0.2, -0.15) is 18.4 Å². The maximum absolute atomic E-state index is 13.6. The van der Waals surface area contributed by atoms with E-state index in [0.29, 0.717) is 12.4 Å². The minimum absolute atomic E-state index is 0.00140. The summed E-state index contributed by atoms with van der Waals surface area (Å²) < 4.78 is 56.4. The van der Waals surface area contributed by atoms with E-state index < -0.39 is 21.7 Å². The molecule has 24 heavy (non-hydrogen) atoms. The van der Waals surface area contributed by atoms with Gasteiger partial charge in [0.1, 0.15) is 17.4 Å². The Kier molecular flexibility index (Phi) is 5.50. The maximum atomic E-state index is 13.6. The van der Waals surface area contributed by atoms with Crippen molar-refractivity contribution in [1.82, 2.24) is 4.83 Å². The first-order chi connectivity index (χ1) is 11.3. The van der Waals surface area contributed by atoms with Crippen LogP contribution in [0.3, 0.4) is 0 Å². The van der Waals surface area contributed by atoms with Gasteiger partial charge in [-0.3, -0.25) is 0 Å². The van der Waals surface area contributed by atoms with Crippen molar-refractivity contribution in [2.75, 3.05) is 6.61 Å². The molecule has 0 saturated heterocycles. The molecule has 2 aromatic rings. The molecule has 0 aromatic heterocycles. The molecule has 0 fully saturated rings. The van der Waals surface area contributed by atoms with Crippen LogP contribution in [-0.4, -0.2) is 20.7 Å². The minimum Gasteiger partial charge on any atom is -0.494 e. The van der Waals surface area contributed by atoms with Crippen LogP contribution in [-0.2, 0) is 10.0 Å². The van der Waals surface area contributed by atoms with Crippen LogP contribution in [0.5, 0.6) is 5.75 Å². The van der Waals surface area contributed by atoms with Gasteiger partial charge in [0.15, 0.2) is 0 Å². The monoisotopic (exact) mass is 354 g/mol. The van der Waals surface area contributed by atoms with Crippen molar-refractivity contribution in [3.8, 4) is 5.75 Å². The Bertz CT molecular complexity index is 850. The first-order valence-electron chi connectivity index (χ1n) is 7.08. The SMILES string of the molecule is CCOc1ccc(S(=O)(=O)N/N=C(/C)c2cc(F)ccc2F)cc1. The summed E-state index contributed by atoms with van der Waals surface area (Å²) in [5, 5.41) is 3.64. The van der Waals surface area contributed by atoms with Gasteiger partial charge in [-0.15, -0.1) is 0 Å². The molecule has 2 rings (SSSR count). The van der Waals surface area contributed by atoms with Crippen LogP contribution in [0.1, 0.15) is 19.4 Å². The van der Waals surface area contributed by atoms with Crippen LogP contribution in [0.4, 0.5) is 8.78 Å². The third kappa shape index (κ3) is 4.29. The molecule has 0 radical (unpaired) electrons. The number of hydrazone groups is 1. The molecule has 0 aliphatic rings. The maximum Gasteiger partial charge on any atom is 0.276 e. The fourth-order valence-corrected chi connectivity index (χ4v) is 2.75. The lowest BCUT2D eigenvalue weighted by Gasteiger charge is -2.07. The lowest BCUT2D eigenvalue weighted by Crippen LogP contribution is -2.20. The van der Waals surface area contributed by atoms with Crippen molar-refractivity contribution in [1.29, 1.82) is 0 Å². The number of halogens is 2. The predicted molar refractivity (Wildman–Crippen MR) is 86.5 cm³/mol. The quantitative estimate of drug-likeness (QED) is 0.640. The van der Waals surface area contributed by atoms with Crippen LogP contribution in [0.15, 0.2) is 52.5 Å². The second-order valence-electron chi connectivity index (χ2n) is 4.82. The smallest absolute Gasteiger partial charge is 0.276 e. The fourth-order valence-electron chi connectivity index (χ4n) is 1.90. The van der Waals surface area contributed by atoms with E-state index in [0.717, 1.165) is 18.2 Å². The Hall–Kier alpha value is -2.48. The van der Waals surface area contributed by atoms with E-state index in [1.165, 1.54) is 31.2 Å². The Balaban J connectivity index is 2.20. The first kappa shape index (κ1) is 17.9. The van der Waals surface area contributed by atoms with Crippen molar-refractivity contribution < 1.29 is 21.9 Å². The zero-order valence-electron chi connectivity index (χ0n) is 13.1. The molecule has 5 nitrogen and oxygen atoms in total. The van der Waals surface area contributed by atoms with Crippen molar-refractivity contribution in [2.45, 2.75) is 18.7 Å². The van der Waals surface area contributed by atoms with Gasteiger partial charge < -0.3 is 4.74 Å². The molecule has 0 aliphatic carbocycles. The van der Waals surface area contributed by atoms with Gasteiger partial charge in [-0.1, -0.05) is 0 Å². The number of nitrogens with zero attached hydrogens (tertiary/aromatic N) is 1. The van der Waals surface area contributed by atoms with Crippen LogP contribution in [0, 0.1) is 11.6 Å². The molecule has 0 saturated carbocycles. The van der Waals surface area contributed by atoms with Gasteiger partial charge in [0.05, 0.1) is 17.2 Å². The van der Waals surface area contributed by atoms with Crippen molar-refractivity contribution >= 4 is 15.7 Å². The third-order valence-electron chi connectivity index (χ3n) is 3.10. The standard InChI is InChI=1S/C16H16F2N2O3S/c1-3-23-13-5-7-14(8-6-13)24(21,22)20-19-11(2)15-10-12(17)4-9-16(15)18/h4-10,20H,3H2,1-2H3/b19-11-. The molecular formula is C16H16F2N2O3S. The molecule has 0 atom stereocenters. The molecule has 2 aromatic carbocycles. The topological polar surface area (TPSA) is 67.8 Å². The molecule has 8 heteroatoms. The number of benzene rings is 2. The van der Waals surface area contributed by atoms with E-state index in [9.17, 15) is 17.2 Å². The zero-order chi connectivity index (χ0) is 17.7. The third-order valence-corrected chi connectivity index (χ3v) is 4.32. The highest BCUT2D eigenvalue weighted by Gasteiger charge is 2.14. The molecule has 128 valence electrons. The highest BCUT2D eigenvalue weighted by Crippen LogP contribution is 2.16. The molecule has 1 N–H and O–H groups in total. The number of hydrogen-bond acceptors (Lipinski definition) is 4. The van der Waals surface area contributed by atoms with Crippen LogP contribution >= 0.6 is 0 Å². The predicted octanol–water partition coefficient (Wildman–Crippen LogP) is 3.07. The number of ether oxygens (including phenoxy) is 1. The van der Waals surface area contributed by atoms with E-state index in [1.807, 2.05) is 11.8 Å². The summed E-state index contributed by atoms with van der Waals surface area (Å²) in [6, 6.07) is 8.61. The number of nitrogens with one attached hydrogen (secondary N) is 1. The molecule has 0 spiro atoms. The summed E-state index contributed by atoms with van der Waals surface area (Å²) in [7, 11) is -3.93. The van der Waals surface area contributed by atoms with Crippen LogP contribution in [0.25, 0.3) is 0 Å². The lowest BCUT2D eigenvalue weighted by atomic mass is 10.1. The van der Waals surface area contributed by atoms with Gasteiger partial charge in [-0.25, -0.2) is 8.78 Å². The van der Waals surface area contributed by atoms with Crippen LogP contribution in [0.2, 0.25) is 0 Å². The summed E-state index contributed by atoms with van der Waals surface area (Å²) in [4.78, 5) is 1.98. The van der Waals surface area contributed by atoms with Crippen LogP contribution < -0.4 is 9.57 Å². The average Bonchev–Trinajstić information content (AvgIpc) is 2.56. The summed E-state index contributed by atoms with van der Waals surface area (Å²) >= 11 is 0. The van der Waals surface area contributed by atoms with Crippen molar-refractivity contribution in [2.24, 2.45) is 5.10 Å². The molecule has 0 bridgehead atoms. The molecule has 0 aliphatic heterocycles. The largest absolute Gasteiger partial charge is 0.494 e. The summed E-state index contributed by atoms with van der Waals surface area (Å²) in [5.74, 6) is -0.800. The summed E-state index contributed by atoms with van der Waals surface area (Å²) in [5.41, 5.74) is -0.120. The van der Waals surface area contributed by atoms with E-state index in [2.05, 4.69) is 5.10 Å². The Morgan fingerprint density at radius 2 is 1.83 bits per heavy atom. The van der Waals surface area contributed by atoms with E-state index in [1.54, 1.807) is 0 Å². The second-order valence-corrected chi connectivity index (χ2v) is 6.48. The summed E-state index contributed by atoms with van der Waals surface area (Å²) in [6.45, 7) is 3.65. The normalized spacial score (nSPS) is 12.1.